The summed E-state index contributed by atoms with van der Waals surface area (Å²) in [5.74, 6) is -0.262. The minimum Gasteiger partial charge on any atom is -0.390 e. The summed E-state index contributed by atoms with van der Waals surface area (Å²) < 4.78 is 2.60. The Bertz CT molecular complexity index is 2820. The van der Waals surface area contributed by atoms with Crippen LogP contribution in [0.3, 0.4) is 0 Å². The van der Waals surface area contributed by atoms with Crippen molar-refractivity contribution < 1.29 is 14.7 Å². The topological polar surface area (TPSA) is 199 Å². The Labute approximate surface area is 362 Å². The highest BCUT2D eigenvalue weighted by atomic mass is 16.3. The minimum atomic E-state index is -0.802. The maximum Gasteiger partial charge on any atom is 0.275 e. The number of nitrogens with zero attached hydrogens (tertiary/aromatic N) is 11. The predicted molar refractivity (Wildman–Crippen MR) is 236 cm³/mol. The molecule has 3 aromatic carbocycles. The molecule has 17 heteroatoms. The summed E-state index contributed by atoms with van der Waals surface area (Å²) >= 11 is 0. The quantitative estimate of drug-likeness (QED) is 0.180. The smallest absolute Gasteiger partial charge is 0.275 e. The lowest BCUT2D eigenvalue weighted by Crippen LogP contribution is -2.52. The highest BCUT2D eigenvalue weighted by molar-refractivity contribution is 5.99. The summed E-state index contributed by atoms with van der Waals surface area (Å²) in [5, 5.41) is 32.7. The van der Waals surface area contributed by atoms with Gasteiger partial charge in [0, 0.05) is 100 Å². The predicted octanol–water partition coefficient (Wildman–Crippen LogP) is 2.28. The second kappa shape index (κ2) is 18.1. The largest absolute Gasteiger partial charge is 0.390 e. The molecule has 3 aromatic heterocycles. The first-order valence-corrected chi connectivity index (χ1v) is 21.2. The number of benzene rings is 3. The van der Waals surface area contributed by atoms with E-state index < -0.39 is 18.1 Å². The number of imide groups is 1. The van der Waals surface area contributed by atoms with Crippen LogP contribution in [-0.2, 0) is 16.1 Å². The zero-order valence-corrected chi connectivity index (χ0v) is 34.6. The number of piperazine rings is 2. The number of aromatic nitrogens is 6. The molecule has 3 aliphatic heterocycles. The number of carbonyl (C=O) groups is 2. The van der Waals surface area contributed by atoms with E-state index in [1.165, 1.54) is 15.4 Å². The van der Waals surface area contributed by atoms with E-state index in [9.17, 15) is 29.5 Å². The van der Waals surface area contributed by atoms with E-state index in [2.05, 4.69) is 41.2 Å². The Morgan fingerprint density at radius 3 is 2.17 bits per heavy atom. The lowest BCUT2D eigenvalue weighted by molar-refractivity contribution is -0.136. The number of nitrogens with one attached hydrogen (secondary N) is 1. The molecule has 6 aromatic rings. The van der Waals surface area contributed by atoms with Gasteiger partial charge in [-0.1, -0.05) is 30.3 Å². The van der Waals surface area contributed by atoms with Crippen molar-refractivity contribution in [2.75, 3.05) is 75.2 Å². The number of β-amino-alcohol motifs (C(OH)–C–C–N with tert-alkyl or cyclic N) is 1. The molecule has 63 heavy (non-hydrogen) atoms. The molecule has 9 rings (SSSR count). The molecule has 3 fully saturated rings. The van der Waals surface area contributed by atoms with Crippen LogP contribution in [0.25, 0.3) is 33.4 Å². The maximum absolute atomic E-state index is 13.2. The summed E-state index contributed by atoms with van der Waals surface area (Å²) in [7, 11) is 0. The summed E-state index contributed by atoms with van der Waals surface area (Å²) in [5.41, 5.74) is 4.95. The number of aliphatic hydroxyl groups is 1. The van der Waals surface area contributed by atoms with Crippen molar-refractivity contribution in [1.29, 1.82) is 5.26 Å². The number of piperidine rings is 1. The van der Waals surface area contributed by atoms with Crippen molar-refractivity contribution in [3.05, 3.63) is 129 Å². The average Bonchev–Trinajstić information content (AvgIpc) is 3.31. The standard InChI is InChI=1S/C46H46N12O5/c47-24-31-3-1-5-33(21-31)40-9-12-43(61)57(52-40)28-32-4-2-6-34(22-32)44-48-26-37(27-49-44)56-19-15-54(16-20-56)30-38(59)29-53-13-17-55(18-14-53)36-7-8-39-35(23-36)25-50-58(46(39)63)41-10-11-42(60)51-45(41)62/h1-9,12,21-23,25-27,38,41,59H,10-11,13-20,28-30H2,(H,51,60,62). The van der Waals surface area contributed by atoms with Gasteiger partial charge in [0.15, 0.2) is 5.82 Å². The number of rotatable bonds is 11. The molecule has 2 unspecified atom stereocenters. The van der Waals surface area contributed by atoms with Gasteiger partial charge in [-0.15, -0.1) is 0 Å². The van der Waals surface area contributed by atoms with Gasteiger partial charge >= 0.3 is 0 Å². The number of hydrogen-bond acceptors (Lipinski definition) is 14. The van der Waals surface area contributed by atoms with Crippen LogP contribution in [0.15, 0.2) is 107 Å². The number of carbonyl (C=O) groups excluding carboxylic acids is 2. The molecule has 0 saturated carbocycles. The first-order chi connectivity index (χ1) is 30.7. The first-order valence-electron chi connectivity index (χ1n) is 21.2. The molecular weight excluding hydrogens is 801 g/mol. The van der Waals surface area contributed by atoms with Crippen molar-refractivity contribution >= 4 is 34.0 Å². The second-order valence-electron chi connectivity index (χ2n) is 16.2. The van der Waals surface area contributed by atoms with Crippen molar-refractivity contribution in [1.82, 2.24) is 44.6 Å². The van der Waals surface area contributed by atoms with E-state index in [-0.39, 0.29) is 36.4 Å². The summed E-state index contributed by atoms with van der Waals surface area (Å²) in [6, 6.07) is 25.1. The minimum absolute atomic E-state index is 0.169. The van der Waals surface area contributed by atoms with E-state index >= 15 is 0 Å². The molecule has 3 aliphatic rings. The van der Waals surface area contributed by atoms with Gasteiger partial charge in [0.1, 0.15) is 6.04 Å². The van der Waals surface area contributed by atoms with Gasteiger partial charge in [-0.25, -0.2) is 19.3 Å². The zero-order chi connectivity index (χ0) is 43.5. The molecule has 2 N–H and O–H groups in total. The summed E-state index contributed by atoms with van der Waals surface area (Å²) in [4.78, 5) is 68.4. The summed E-state index contributed by atoms with van der Waals surface area (Å²) in [6.07, 6.45) is 5.23. The number of fused-ring (bicyclic) bond motifs is 1. The highest BCUT2D eigenvalue weighted by Gasteiger charge is 2.30. The number of nitriles is 1. The van der Waals surface area contributed by atoms with Crippen LogP contribution in [0, 0.1) is 11.3 Å². The molecule has 17 nitrogen and oxygen atoms in total. The van der Waals surface area contributed by atoms with Gasteiger partial charge in [-0.3, -0.25) is 34.3 Å². The normalized spacial score (nSPS) is 18.0. The molecule has 2 atom stereocenters. The Balaban J connectivity index is 0.734. The van der Waals surface area contributed by atoms with Crippen molar-refractivity contribution in [3.63, 3.8) is 0 Å². The fraction of sp³-hybridized carbons (Fsp3) is 0.326. The molecule has 6 heterocycles. The molecule has 320 valence electrons. The van der Waals surface area contributed by atoms with Crippen LogP contribution < -0.4 is 26.2 Å². The van der Waals surface area contributed by atoms with E-state index in [1.807, 2.05) is 54.9 Å². The second-order valence-corrected chi connectivity index (χ2v) is 16.2. The molecular formula is C46H46N12O5. The van der Waals surface area contributed by atoms with E-state index in [0.29, 0.717) is 40.9 Å². The van der Waals surface area contributed by atoms with Gasteiger partial charge in [0.25, 0.3) is 17.0 Å². The third-order valence-corrected chi connectivity index (χ3v) is 12.0. The van der Waals surface area contributed by atoms with E-state index in [1.54, 1.807) is 36.5 Å². The number of amides is 2. The van der Waals surface area contributed by atoms with Crippen LogP contribution in [0.5, 0.6) is 0 Å². The molecule has 0 bridgehead atoms. The van der Waals surface area contributed by atoms with Crippen molar-refractivity contribution in [2.24, 2.45) is 0 Å². The summed E-state index contributed by atoms with van der Waals surface area (Å²) in [6.45, 7) is 7.78. The van der Waals surface area contributed by atoms with E-state index in [4.69, 9.17) is 9.97 Å². The number of anilines is 2. The highest BCUT2D eigenvalue weighted by Crippen LogP contribution is 2.25. The fourth-order valence-electron chi connectivity index (χ4n) is 8.60. The Morgan fingerprint density at radius 2 is 1.46 bits per heavy atom. The fourth-order valence-corrected chi connectivity index (χ4v) is 8.60. The van der Waals surface area contributed by atoms with Gasteiger partial charge in [-0.05, 0) is 54.4 Å². The molecule has 0 spiro atoms. The third-order valence-electron chi connectivity index (χ3n) is 12.0. The van der Waals surface area contributed by atoms with Gasteiger partial charge < -0.3 is 14.9 Å². The molecule has 3 saturated heterocycles. The van der Waals surface area contributed by atoms with Crippen molar-refractivity contribution in [2.45, 2.75) is 31.5 Å². The SMILES string of the molecule is N#Cc1cccc(-c2ccc(=O)n(Cc3cccc(-c4ncc(N5CCN(CC(O)CN6CCN(c7ccc8c(=O)n(C9CCC(=O)NC9=O)ncc8c7)CC6)CC5)cn4)c3)n2)c1. The van der Waals surface area contributed by atoms with Crippen LogP contribution in [0.4, 0.5) is 11.4 Å². The Kier molecular flexibility index (Phi) is 11.8. The molecule has 0 radical (unpaired) electrons. The number of hydrogen-bond donors (Lipinski definition) is 2. The van der Waals surface area contributed by atoms with E-state index in [0.717, 1.165) is 80.4 Å². The zero-order valence-electron chi connectivity index (χ0n) is 34.6. The average molecular weight is 847 g/mol. The molecule has 2 amide bonds. The Morgan fingerprint density at radius 1 is 0.762 bits per heavy atom. The van der Waals surface area contributed by atoms with Crippen LogP contribution >= 0.6 is 0 Å². The lowest BCUT2D eigenvalue weighted by Gasteiger charge is -2.39. The Hall–Kier alpha value is -7.13. The van der Waals surface area contributed by atoms with Crippen molar-refractivity contribution in [3.8, 4) is 28.7 Å². The monoisotopic (exact) mass is 846 g/mol. The van der Waals surface area contributed by atoms with Gasteiger partial charge in [0.05, 0.1) is 59.6 Å². The maximum atomic E-state index is 13.2. The molecule has 0 aliphatic carbocycles. The number of aliphatic hydroxyl groups excluding tert-OH is 1. The third kappa shape index (κ3) is 9.24. The van der Waals surface area contributed by atoms with Gasteiger partial charge in [0.2, 0.25) is 5.91 Å². The van der Waals surface area contributed by atoms with Crippen LogP contribution in [-0.4, -0.2) is 128 Å². The van der Waals surface area contributed by atoms with Crippen LogP contribution in [0.1, 0.15) is 30.0 Å². The lowest BCUT2D eigenvalue weighted by atomic mass is 10.1. The first kappa shape index (κ1) is 41.2. The van der Waals surface area contributed by atoms with Gasteiger partial charge in [-0.2, -0.15) is 15.5 Å². The van der Waals surface area contributed by atoms with Crippen LogP contribution in [0.2, 0.25) is 0 Å².